The summed E-state index contributed by atoms with van der Waals surface area (Å²) in [6.07, 6.45) is 4.21. The number of aryl methyl sites for hydroxylation is 1. The first kappa shape index (κ1) is 16.1. The van der Waals surface area contributed by atoms with E-state index in [0.717, 1.165) is 22.8 Å². The zero-order chi connectivity index (χ0) is 16.4. The average Bonchev–Trinajstić information content (AvgIpc) is 3.17. The van der Waals surface area contributed by atoms with E-state index in [4.69, 9.17) is 0 Å². The summed E-state index contributed by atoms with van der Waals surface area (Å²) in [6, 6.07) is 7.86. The van der Waals surface area contributed by atoms with Gasteiger partial charge in [0.2, 0.25) is 0 Å². The van der Waals surface area contributed by atoms with Crippen molar-refractivity contribution in [3.8, 4) is 5.69 Å². The molecule has 1 aliphatic heterocycles. The highest BCUT2D eigenvalue weighted by molar-refractivity contribution is 7.99. The molecule has 1 aromatic carbocycles. The minimum atomic E-state index is -1.22. The number of aromatic nitrogens is 2. The number of rotatable bonds is 4. The SMILES string of the molecule is Cc1nccn1-c1ccc(C(C)NC(=O)C2(O)CCSC2)cc1. The lowest BCUT2D eigenvalue weighted by molar-refractivity contribution is -0.137. The number of hydrogen-bond donors (Lipinski definition) is 2. The van der Waals surface area contributed by atoms with Gasteiger partial charge in [-0.1, -0.05) is 12.1 Å². The minimum absolute atomic E-state index is 0.143. The number of amides is 1. The molecule has 2 aromatic rings. The summed E-state index contributed by atoms with van der Waals surface area (Å²) in [5, 5.41) is 13.2. The Morgan fingerprint density at radius 3 is 2.74 bits per heavy atom. The van der Waals surface area contributed by atoms with E-state index in [2.05, 4.69) is 10.3 Å². The molecule has 1 amide bonds. The maximum absolute atomic E-state index is 12.3. The van der Waals surface area contributed by atoms with Crippen molar-refractivity contribution in [1.82, 2.24) is 14.9 Å². The van der Waals surface area contributed by atoms with E-state index in [9.17, 15) is 9.90 Å². The van der Waals surface area contributed by atoms with Gasteiger partial charge in [0.1, 0.15) is 5.82 Å². The summed E-state index contributed by atoms with van der Waals surface area (Å²) in [5.41, 5.74) is 0.828. The van der Waals surface area contributed by atoms with Crippen LogP contribution in [0.5, 0.6) is 0 Å². The molecule has 1 aliphatic rings. The van der Waals surface area contributed by atoms with Crippen LogP contribution in [0.15, 0.2) is 36.7 Å². The second-order valence-electron chi connectivity index (χ2n) is 5.97. The fraction of sp³-hybridized carbons (Fsp3) is 0.412. The largest absolute Gasteiger partial charge is 0.379 e. The molecule has 5 nitrogen and oxygen atoms in total. The van der Waals surface area contributed by atoms with Crippen molar-refractivity contribution in [2.24, 2.45) is 0 Å². The van der Waals surface area contributed by atoms with Crippen LogP contribution in [0.4, 0.5) is 0 Å². The first-order valence-corrected chi connectivity index (χ1v) is 8.86. The van der Waals surface area contributed by atoms with Crippen molar-refractivity contribution in [3.63, 3.8) is 0 Å². The zero-order valence-corrected chi connectivity index (χ0v) is 14.1. The molecule has 1 fully saturated rings. The Balaban J connectivity index is 1.69. The Morgan fingerprint density at radius 1 is 1.43 bits per heavy atom. The summed E-state index contributed by atoms with van der Waals surface area (Å²) in [5.74, 6) is 1.96. The first-order valence-electron chi connectivity index (χ1n) is 7.71. The topological polar surface area (TPSA) is 67.2 Å². The van der Waals surface area contributed by atoms with Crippen molar-refractivity contribution < 1.29 is 9.90 Å². The molecule has 0 saturated carbocycles. The van der Waals surface area contributed by atoms with E-state index >= 15 is 0 Å². The highest BCUT2D eigenvalue weighted by Crippen LogP contribution is 2.28. The van der Waals surface area contributed by atoms with Gasteiger partial charge < -0.3 is 15.0 Å². The minimum Gasteiger partial charge on any atom is -0.379 e. The van der Waals surface area contributed by atoms with Gasteiger partial charge >= 0.3 is 0 Å². The number of nitrogens with zero attached hydrogens (tertiary/aromatic N) is 2. The molecule has 6 heteroatoms. The molecule has 1 aromatic heterocycles. The Kier molecular flexibility index (Phi) is 4.46. The molecule has 0 radical (unpaired) electrons. The monoisotopic (exact) mass is 331 g/mol. The standard InChI is InChI=1S/C17H21N3O2S/c1-12(19-16(21)17(22)7-10-23-11-17)14-3-5-15(6-4-14)20-9-8-18-13(20)2/h3-6,8-9,12,22H,7,10-11H2,1-2H3,(H,19,21). The van der Waals surface area contributed by atoms with Crippen LogP contribution in [0, 0.1) is 6.92 Å². The molecule has 2 N–H and O–H groups in total. The normalized spacial score (nSPS) is 22.0. The maximum Gasteiger partial charge on any atom is 0.253 e. The second kappa shape index (κ2) is 6.37. The highest BCUT2D eigenvalue weighted by Gasteiger charge is 2.39. The summed E-state index contributed by atoms with van der Waals surface area (Å²) in [7, 11) is 0. The van der Waals surface area contributed by atoms with E-state index in [1.807, 2.05) is 48.9 Å². The third-order valence-corrected chi connectivity index (χ3v) is 5.44. The fourth-order valence-electron chi connectivity index (χ4n) is 2.72. The van der Waals surface area contributed by atoms with Crippen LogP contribution in [-0.2, 0) is 4.79 Å². The molecule has 3 rings (SSSR count). The third kappa shape index (κ3) is 3.28. The van der Waals surface area contributed by atoms with Gasteiger partial charge in [-0.15, -0.1) is 0 Å². The van der Waals surface area contributed by atoms with Gasteiger partial charge in [0.25, 0.3) is 5.91 Å². The summed E-state index contributed by atoms with van der Waals surface area (Å²) in [4.78, 5) is 16.5. The lowest BCUT2D eigenvalue weighted by Crippen LogP contribution is -2.47. The third-order valence-electron chi connectivity index (χ3n) is 4.27. The van der Waals surface area contributed by atoms with Gasteiger partial charge in [0, 0.05) is 23.8 Å². The van der Waals surface area contributed by atoms with Crippen LogP contribution >= 0.6 is 11.8 Å². The van der Waals surface area contributed by atoms with Gasteiger partial charge in [0.05, 0.1) is 6.04 Å². The van der Waals surface area contributed by atoms with Crippen molar-refractivity contribution in [2.75, 3.05) is 11.5 Å². The van der Waals surface area contributed by atoms with Crippen molar-refractivity contribution in [1.29, 1.82) is 0 Å². The Hall–Kier alpha value is -1.79. The fourth-order valence-corrected chi connectivity index (χ4v) is 3.96. The molecular weight excluding hydrogens is 310 g/mol. The lowest BCUT2D eigenvalue weighted by Gasteiger charge is -2.23. The number of hydrogen-bond acceptors (Lipinski definition) is 4. The number of thioether (sulfide) groups is 1. The van der Waals surface area contributed by atoms with Crippen LogP contribution in [0.2, 0.25) is 0 Å². The molecule has 23 heavy (non-hydrogen) atoms. The number of nitrogens with one attached hydrogen (secondary N) is 1. The molecule has 2 unspecified atom stereocenters. The van der Waals surface area contributed by atoms with Gasteiger partial charge in [-0.2, -0.15) is 11.8 Å². The smallest absolute Gasteiger partial charge is 0.253 e. The van der Waals surface area contributed by atoms with Crippen molar-refractivity contribution in [3.05, 3.63) is 48.0 Å². The number of benzene rings is 1. The van der Waals surface area contributed by atoms with Crippen LogP contribution in [-0.4, -0.2) is 37.7 Å². The van der Waals surface area contributed by atoms with Gasteiger partial charge in [-0.3, -0.25) is 4.79 Å². The van der Waals surface area contributed by atoms with Gasteiger partial charge in [0.15, 0.2) is 5.60 Å². The van der Waals surface area contributed by atoms with Crippen LogP contribution in [0.1, 0.15) is 30.8 Å². The van der Waals surface area contributed by atoms with Crippen molar-refractivity contribution in [2.45, 2.75) is 31.9 Å². The number of imidazole rings is 1. The molecular formula is C17H21N3O2S. The number of aliphatic hydroxyl groups is 1. The summed E-state index contributed by atoms with van der Waals surface area (Å²) in [6.45, 7) is 3.89. The van der Waals surface area contributed by atoms with E-state index < -0.39 is 5.60 Å². The van der Waals surface area contributed by atoms with E-state index in [-0.39, 0.29) is 11.9 Å². The summed E-state index contributed by atoms with van der Waals surface area (Å²) < 4.78 is 2.01. The average molecular weight is 331 g/mol. The maximum atomic E-state index is 12.3. The molecule has 0 bridgehead atoms. The Bertz CT molecular complexity index is 690. The highest BCUT2D eigenvalue weighted by atomic mass is 32.2. The molecule has 2 heterocycles. The number of carbonyl (C=O) groups excluding carboxylic acids is 1. The van der Waals surface area contributed by atoms with E-state index in [0.29, 0.717) is 12.2 Å². The molecule has 0 spiro atoms. The zero-order valence-electron chi connectivity index (χ0n) is 13.3. The predicted molar refractivity (Wildman–Crippen MR) is 91.8 cm³/mol. The number of carbonyl (C=O) groups is 1. The van der Waals surface area contributed by atoms with Gasteiger partial charge in [-0.25, -0.2) is 4.98 Å². The van der Waals surface area contributed by atoms with E-state index in [1.54, 1.807) is 18.0 Å². The molecule has 1 saturated heterocycles. The first-order chi connectivity index (χ1) is 11.0. The Labute approximate surface area is 140 Å². The van der Waals surface area contributed by atoms with E-state index in [1.165, 1.54) is 0 Å². The quantitative estimate of drug-likeness (QED) is 0.901. The summed E-state index contributed by atoms with van der Waals surface area (Å²) >= 11 is 1.61. The van der Waals surface area contributed by atoms with Crippen LogP contribution in [0.3, 0.4) is 0 Å². The van der Waals surface area contributed by atoms with Crippen molar-refractivity contribution >= 4 is 17.7 Å². The molecule has 122 valence electrons. The molecule has 2 atom stereocenters. The lowest BCUT2D eigenvalue weighted by atomic mass is 10.0. The predicted octanol–water partition coefficient (Wildman–Crippen LogP) is 2.23. The second-order valence-corrected chi connectivity index (χ2v) is 7.07. The molecule has 0 aliphatic carbocycles. The van der Waals surface area contributed by atoms with Gasteiger partial charge in [-0.05, 0) is 43.7 Å². The van der Waals surface area contributed by atoms with Crippen LogP contribution in [0.25, 0.3) is 5.69 Å². The Morgan fingerprint density at radius 2 is 2.17 bits per heavy atom. The van der Waals surface area contributed by atoms with Crippen LogP contribution < -0.4 is 5.32 Å².